The second-order valence-corrected chi connectivity index (χ2v) is 8.95. The molecule has 2 N–H and O–H groups in total. The van der Waals surface area contributed by atoms with Gasteiger partial charge < -0.3 is 15.2 Å². The number of benzene rings is 1. The molecule has 0 spiro atoms. The Hall–Kier alpha value is -3.72. The number of aliphatic hydroxyl groups is 1. The lowest BCUT2D eigenvalue weighted by Gasteiger charge is -2.29. The molecule has 0 radical (unpaired) electrons. The first-order chi connectivity index (χ1) is 17.1. The lowest BCUT2D eigenvalue weighted by Crippen LogP contribution is -2.27. The lowest BCUT2D eigenvalue weighted by molar-refractivity contribution is 0.123. The van der Waals surface area contributed by atoms with E-state index < -0.39 is 0 Å². The molecule has 9 heteroatoms. The number of nitrogens with zero attached hydrogens (tertiary/aromatic N) is 5. The van der Waals surface area contributed by atoms with Gasteiger partial charge in [0.1, 0.15) is 17.6 Å². The molecule has 1 saturated carbocycles. The molecule has 3 aromatic heterocycles. The SMILES string of the molecule is CCNc1cc2c(cn1)c(-c1ccc(CO)cc1)nn2[C@H]1CC[C@@H](Oc2ccc(=O)n(C)n2)CC1. The zero-order valence-electron chi connectivity index (χ0n) is 20.0. The molecule has 1 aliphatic rings. The largest absolute Gasteiger partial charge is 0.473 e. The van der Waals surface area contributed by atoms with Crippen LogP contribution in [0.15, 0.2) is 53.5 Å². The van der Waals surface area contributed by atoms with Crippen LogP contribution >= 0.6 is 0 Å². The van der Waals surface area contributed by atoms with E-state index in [4.69, 9.17) is 9.84 Å². The molecule has 0 unspecified atom stereocenters. The summed E-state index contributed by atoms with van der Waals surface area (Å²) in [6.45, 7) is 2.87. The van der Waals surface area contributed by atoms with E-state index in [2.05, 4.69) is 33.1 Å². The fourth-order valence-electron chi connectivity index (χ4n) is 4.69. The van der Waals surface area contributed by atoms with E-state index in [1.54, 1.807) is 13.1 Å². The number of aryl methyl sites for hydroxylation is 1. The highest BCUT2D eigenvalue weighted by Gasteiger charge is 2.27. The minimum atomic E-state index is -0.153. The molecule has 0 saturated heterocycles. The van der Waals surface area contributed by atoms with E-state index in [-0.39, 0.29) is 24.3 Å². The van der Waals surface area contributed by atoms with Crippen molar-refractivity contribution in [2.24, 2.45) is 7.05 Å². The van der Waals surface area contributed by atoms with Crippen molar-refractivity contribution in [1.29, 1.82) is 0 Å². The van der Waals surface area contributed by atoms with Crippen LogP contribution in [0.5, 0.6) is 5.88 Å². The minimum absolute atomic E-state index is 0.0171. The summed E-state index contributed by atoms with van der Waals surface area (Å²) in [5, 5.41) is 23.0. The van der Waals surface area contributed by atoms with Crippen LogP contribution in [-0.4, -0.2) is 42.3 Å². The third-order valence-electron chi connectivity index (χ3n) is 6.57. The fourth-order valence-corrected chi connectivity index (χ4v) is 4.69. The Morgan fingerprint density at radius 3 is 2.54 bits per heavy atom. The maximum Gasteiger partial charge on any atom is 0.266 e. The van der Waals surface area contributed by atoms with Crippen molar-refractivity contribution in [3.8, 4) is 17.1 Å². The number of pyridine rings is 1. The van der Waals surface area contributed by atoms with Crippen LogP contribution in [0.3, 0.4) is 0 Å². The summed E-state index contributed by atoms with van der Waals surface area (Å²) in [7, 11) is 1.63. The van der Waals surface area contributed by atoms with E-state index in [0.717, 1.165) is 65.8 Å². The van der Waals surface area contributed by atoms with Gasteiger partial charge in [0.25, 0.3) is 5.56 Å². The van der Waals surface area contributed by atoms with Gasteiger partial charge in [-0.3, -0.25) is 9.48 Å². The maximum atomic E-state index is 11.6. The van der Waals surface area contributed by atoms with Crippen LogP contribution in [0, 0.1) is 0 Å². The van der Waals surface area contributed by atoms with E-state index in [0.29, 0.717) is 5.88 Å². The highest BCUT2D eigenvalue weighted by molar-refractivity contribution is 5.94. The Bertz CT molecular complexity index is 1370. The Morgan fingerprint density at radius 1 is 1.09 bits per heavy atom. The molecule has 4 aromatic rings. The summed E-state index contributed by atoms with van der Waals surface area (Å²) in [6, 6.07) is 13.3. The lowest BCUT2D eigenvalue weighted by atomic mass is 9.93. The second kappa shape index (κ2) is 9.87. The van der Waals surface area contributed by atoms with Crippen molar-refractivity contribution in [2.75, 3.05) is 11.9 Å². The van der Waals surface area contributed by atoms with E-state index in [9.17, 15) is 9.90 Å². The number of nitrogens with one attached hydrogen (secondary N) is 1. The van der Waals surface area contributed by atoms with Crippen LogP contribution < -0.4 is 15.6 Å². The predicted octanol–water partition coefficient (Wildman–Crippen LogP) is 3.68. The smallest absolute Gasteiger partial charge is 0.266 e. The molecule has 9 nitrogen and oxygen atoms in total. The molecule has 0 atom stereocenters. The van der Waals surface area contributed by atoms with Gasteiger partial charge in [-0.15, -0.1) is 5.10 Å². The molecule has 5 rings (SSSR count). The average molecular weight is 475 g/mol. The molecule has 0 bridgehead atoms. The molecular formula is C26H30N6O3. The van der Waals surface area contributed by atoms with Crippen LogP contribution in [0.2, 0.25) is 0 Å². The van der Waals surface area contributed by atoms with Crippen molar-refractivity contribution >= 4 is 16.7 Å². The minimum Gasteiger partial charge on any atom is -0.473 e. The zero-order valence-corrected chi connectivity index (χ0v) is 20.0. The van der Waals surface area contributed by atoms with Crippen molar-refractivity contribution < 1.29 is 9.84 Å². The maximum absolute atomic E-state index is 11.6. The molecule has 35 heavy (non-hydrogen) atoms. The van der Waals surface area contributed by atoms with Gasteiger partial charge in [-0.2, -0.15) is 5.10 Å². The Kier molecular flexibility index (Phi) is 6.50. The van der Waals surface area contributed by atoms with Crippen molar-refractivity contribution in [2.45, 2.75) is 51.4 Å². The number of anilines is 1. The number of aliphatic hydroxyl groups excluding tert-OH is 1. The first-order valence-electron chi connectivity index (χ1n) is 12.1. The van der Waals surface area contributed by atoms with Crippen LogP contribution in [0.4, 0.5) is 5.82 Å². The van der Waals surface area contributed by atoms with Crippen molar-refractivity contribution in [3.05, 3.63) is 64.6 Å². The average Bonchev–Trinajstić information content (AvgIpc) is 3.26. The van der Waals surface area contributed by atoms with E-state index in [1.165, 1.54) is 10.7 Å². The Labute approximate surface area is 203 Å². The van der Waals surface area contributed by atoms with Gasteiger partial charge in [0, 0.05) is 48.9 Å². The molecule has 0 amide bonds. The van der Waals surface area contributed by atoms with Crippen LogP contribution in [0.25, 0.3) is 22.2 Å². The number of ether oxygens (including phenoxy) is 1. The highest BCUT2D eigenvalue weighted by Crippen LogP contribution is 2.36. The standard InChI is InChI=1S/C26H30N6O3/c1-3-27-23-14-22-21(15-28-23)26(18-6-4-17(16-33)5-7-18)30-32(22)19-8-10-20(11-9-19)35-24-12-13-25(34)31(2)29-24/h4-7,12-15,19-20,33H,3,8-11,16H2,1-2H3,(H,27,28)/t19-,20+. The number of fused-ring (bicyclic) bond motifs is 1. The summed E-state index contributed by atoms with van der Waals surface area (Å²) in [5.74, 6) is 1.32. The molecule has 1 aliphatic carbocycles. The van der Waals surface area contributed by atoms with Gasteiger partial charge >= 0.3 is 0 Å². The third kappa shape index (κ3) is 4.77. The fraction of sp³-hybridized carbons (Fsp3) is 0.385. The molecule has 3 heterocycles. The van der Waals surface area contributed by atoms with Gasteiger partial charge in [0.2, 0.25) is 5.88 Å². The zero-order chi connectivity index (χ0) is 24.4. The summed E-state index contributed by atoms with van der Waals surface area (Å²) >= 11 is 0. The predicted molar refractivity (Wildman–Crippen MR) is 134 cm³/mol. The normalized spacial score (nSPS) is 18.0. The summed E-state index contributed by atoms with van der Waals surface area (Å²) in [5.41, 5.74) is 3.67. The van der Waals surface area contributed by atoms with Gasteiger partial charge in [-0.25, -0.2) is 9.67 Å². The molecule has 1 aromatic carbocycles. The van der Waals surface area contributed by atoms with Crippen molar-refractivity contribution in [3.63, 3.8) is 0 Å². The number of hydrogen-bond acceptors (Lipinski definition) is 7. The molecular weight excluding hydrogens is 444 g/mol. The Morgan fingerprint density at radius 2 is 1.86 bits per heavy atom. The number of hydrogen-bond donors (Lipinski definition) is 2. The summed E-state index contributed by atoms with van der Waals surface area (Å²) in [4.78, 5) is 16.2. The number of aromatic nitrogens is 5. The Balaban J connectivity index is 1.41. The monoisotopic (exact) mass is 474 g/mol. The molecule has 1 fully saturated rings. The van der Waals surface area contributed by atoms with E-state index >= 15 is 0 Å². The first-order valence-corrected chi connectivity index (χ1v) is 12.1. The van der Waals surface area contributed by atoms with Gasteiger partial charge in [0.05, 0.1) is 18.2 Å². The van der Waals surface area contributed by atoms with Crippen molar-refractivity contribution in [1.82, 2.24) is 24.5 Å². The first kappa shape index (κ1) is 23.0. The van der Waals surface area contributed by atoms with Gasteiger partial charge in [-0.05, 0) is 38.2 Å². The summed E-state index contributed by atoms with van der Waals surface area (Å²) < 4.78 is 9.51. The van der Waals surface area contributed by atoms with E-state index in [1.807, 2.05) is 30.5 Å². The highest BCUT2D eigenvalue weighted by atomic mass is 16.5. The topological polar surface area (TPSA) is 107 Å². The third-order valence-corrected chi connectivity index (χ3v) is 6.57. The van der Waals surface area contributed by atoms with Gasteiger partial charge in [0.15, 0.2) is 0 Å². The number of rotatable bonds is 7. The second-order valence-electron chi connectivity index (χ2n) is 8.95. The summed E-state index contributed by atoms with van der Waals surface area (Å²) in [6.07, 6.45) is 5.56. The molecule has 182 valence electrons. The van der Waals surface area contributed by atoms with Crippen LogP contribution in [-0.2, 0) is 13.7 Å². The van der Waals surface area contributed by atoms with Gasteiger partial charge in [-0.1, -0.05) is 24.3 Å². The van der Waals surface area contributed by atoms with Crippen LogP contribution in [0.1, 0.15) is 44.2 Å². The molecule has 0 aliphatic heterocycles. The quantitative estimate of drug-likeness (QED) is 0.421.